The molecule has 1 aromatic carbocycles. The minimum absolute atomic E-state index is 0.00577. The topological polar surface area (TPSA) is 291 Å². The molecule has 0 bridgehead atoms. The Morgan fingerprint density at radius 2 is 1.46 bits per heavy atom. The van der Waals surface area contributed by atoms with Gasteiger partial charge in [0.1, 0.15) is 18.9 Å². The van der Waals surface area contributed by atoms with Gasteiger partial charge in [0.15, 0.2) is 6.54 Å². The minimum atomic E-state index is -4.65. The summed E-state index contributed by atoms with van der Waals surface area (Å²) in [5, 5.41) is 20.0. The van der Waals surface area contributed by atoms with E-state index in [1.54, 1.807) is 31.4 Å². The minimum Gasteiger partial charge on any atom is -0.492 e. The third-order valence-corrected chi connectivity index (χ3v) is 13.2. The van der Waals surface area contributed by atoms with Crippen LogP contribution in [0.15, 0.2) is 88.0 Å². The number of fused-ring (bicyclic) bond motifs is 2. The van der Waals surface area contributed by atoms with Crippen LogP contribution in [0.4, 0.5) is 5.69 Å². The summed E-state index contributed by atoms with van der Waals surface area (Å²) in [6, 6.07) is 13.7. The Morgan fingerprint density at radius 3 is 2.15 bits per heavy atom. The maximum atomic E-state index is 12.3. The number of rotatable bonds is 27. The smallest absolute Gasteiger partial charge is 0.335 e. The zero-order valence-corrected chi connectivity index (χ0v) is 39.4. The summed E-state index contributed by atoms with van der Waals surface area (Å²) in [6.45, 7) is 4.13. The maximum Gasteiger partial charge on any atom is 0.335 e. The number of carbonyl (C=O) groups excluding carboxylic acids is 1. The molecule has 0 saturated carbocycles. The van der Waals surface area contributed by atoms with Crippen molar-refractivity contribution in [3.05, 3.63) is 95.2 Å². The van der Waals surface area contributed by atoms with Gasteiger partial charge in [-0.15, -0.1) is 4.73 Å². The molecule has 368 valence electrons. The first-order valence-electron chi connectivity index (χ1n) is 21.0. The van der Waals surface area contributed by atoms with E-state index in [0.29, 0.717) is 60.3 Å². The molecule has 21 nitrogen and oxygen atoms in total. The third-order valence-electron chi connectivity index (χ3n) is 10.7. The van der Waals surface area contributed by atoms with Gasteiger partial charge in [-0.1, -0.05) is 12.2 Å². The van der Waals surface area contributed by atoms with Crippen molar-refractivity contribution in [1.82, 2.24) is 9.31 Å². The van der Waals surface area contributed by atoms with Crippen LogP contribution in [0.3, 0.4) is 0 Å². The number of methoxy groups -OCH3 is 1. The Labute approximate surface area is 388 Å². The van der Waals surface area contributed by atoms with Crippen LogP contribution in [-0.2, 0) is 59.5 Å². The molecule has 1 aliphatic carbocycles. The Bertz CT molecular complexity index is 2750. The SMILES string of the molecule is COCCOCC[N+](CCCS(=O)(=O)O)=c1ccc2c(C=CC=C3N(CCOCCOCCC(=O)On4c(O)ccc4O)c4ccc(S(=O)(=O)O)cc4C3(C)CCCS(=O)(=O)O)ccoc-2c1. The van der Waals surface area contributed by atoms with E-state index >= 15 is 0 Å². The number of nitrogens with zero attached hydrogens (tertiary/aromatic N) is 3. The second kappa shape index (κ2) is 23.7. The van der Waals surface area contributed by atoms with Gasteiger partial charge in [0.2, 0.25) is 17.1 Å². The molecule has 24 heteroatoms. The molecule has 1 unspecified atom stereocenters. The summed E-state index contributed by atoms with van der Waals surface area (Å²) < 4.78 is 131. The van der Waals surface area contributed by atoms with E-state index in [0.717, 1.165) is 28.6 Å². The van der Waals surface area contributed by atoms with E-state index < -0.39 is 65.0 Å². The lowest BCUT2D eigenvalue weighted by molar-refractivity contribution is -0.146. The van der Waals surface area contributed by atoms with Gasteiger partial charge in [-0.05, 0) is 67.3 Å². The molecule has 1 atom stereocenters. The quantitative estimate of drug-likeness (QED) is 0.0326. The first-order chi connectivity index (χ1) is 31.7. The Balaban J connectivity index is 1.39. The standard InChI is InChI=1S/C43H55N3O18S3/c1-43(16-4-28-65(50,51)52)36-31-34(67(56,57)58)9-11-37(36)45(19-23-62-27-26-60-20-15-42(49)64-46-40(47)12-13-41(46)48)39(43)7-3-6-32-14-21-63-38-30-33(8-10-35(32)38)44(17-5-29-66(53,54)55)18-22-61-25-24-59-2/h3,6-14,21,30-31H,4-5,15-20,22-29H2,1-2H3,(H4-,47,48,50,51,52,53,54,55,56,57,58)/p+1. The molecule has 67 heavy (non-hydrogen) atoms. The second-order valence-electron chi connectivity index (χ2n) is 15.5. The molecule has 2 aliphatic heterocycles. The lowest BCUT2D eigenvalue weighted by atomic mass is 9.77. The highest BCUT2D eigenvalue weighted by Gasteiger charge is 2.43. The fraction of sp³-hybridized carbons (Fsp3) is 0.442. The molecule has 0 amide bonds. The van der Waals surface area contributed by atoms with Crippen LogP contribution in [0.5, 0.6) is 11.8 Å². The van der Waals surface area contributed by atoms with Gasteiger partial charge < -0.3 is 43.3 Å². The largest absolute Gasteiger partial charge is 0.492 e. The van der Waals surface area contributed by atoms with Gasteiger partial charge in [0.05, 0.1) is 74.8 Å². The lowest BCUT2D eigenvalue weighted by Crippen LogP contribution is -2.34. The van der Waals surface area contributed by atoms with Crippen LogP contribution in [-0.4, -0.2) is 144 Å². The van der Waals surface area contributed by atoms with Crippen molar-refractivity contribution in [3.63, 3.8) is 0 Å². The van der Waals surface area contributed by atoms with Gasteiger partial charge in [0, 0.05) is 60.6 Å². The van der Waals surface area contributed by atoms with E-state index in [4.69, 9.17) is 28.2 Å². The number of aromatic hydroxyl groups is 2. The van der Waals surface area contributed by atoms with Gasteiger partial charge in [0.25, 0.3) is 30.4 Å². The highest BCUT2D eigenvalue weighted by Crippen LogP contribution is 2.51. The predicted molar refractivity (Wildman–Crippen MR) is 243 cm³/mol. The Kier molecular flexibility index (Phi) is 18.7. The van der Waals surface area contributed by atoms with Gasteiger partial charge >= 0.3 is 5.97 Å². The number of hydrogen-bond donors (Lipinski definition) is 5. The highest BCUT2D eigenvalue weighted by molar-refractivity contribution is 7.86. The van der Waals surface area contributed by atoms with Crippen LogP contribution < -0.4 is 19.7 Å². The van der Waals surface area contributed by atoms with Crippen LogP contribution >= 0.6 is 0 Å². The van der Waals surface area contributed by atoms with Crippen LogP contribution in [0, 0.1) is 0 Å². The van der Waals surface area contributed by atoms with Crippen LogP contribution in [0.25, 0.3) is 17.4 Å². The van der Waals surface area contributed by atoms with Crippen LogP contribution in [0.1, 0.15) is 43.7 Å². The molecule has 0 spiro atoms. The van der Waals surface area contributed by atoms with Gasteiger partial charge in [-0.25, -0.2) is 9.37 Å². The number of carbonyl (C=O) groups is 1. The average molecular weight is 999 g/mol. The monoisotopic (exact) mass is 998 g/mol. The lowest BCUT2D eigenvalue weighted by Gasteiger charge is -2.30. The average Bonchev–Trinajstić information content (AvgIpc) is 3.69. The van der Waals surface area contributed by atoms with E-state index in [9.17, 15) is 53.9 Å². The van der Waals surface area contributed by atoms with Crippen LogP contribution in [0.2, 0.25) is 0 Å². The van der Waals surface area contributed by atoms with Crippen molar-refractivity contribution in [2.75, 3.05) is 89.4 Å². The van der Waals surface area contributed by atoms with E-state index in [-0.39, 0.29) is 63.6 Å². The molecule has 0 saturated heterocycles. The molecule has 3 heterocycles. The van der Waals surface area contributed by atoms with Crippen molar-refractivity contribution >= 4 is 48.1 Å². The van der Waals surface area contributed by atoms with Crippen molar-refractivity contribution in [2.24, 2.45) is 0 Å². The summed E-state index contributed by atoms with van der Waals surface area (Å²) in [4.78, 5) is 18.5. The van der Waals surface area contributed by atoms with Crippen molar-refractivity contribution < 1.29 is 82.1 Å². The Hall–Kier alpha value is -5.15. The molecule has 0 radical (unpaired) electrons. The number of hydrogen-bond acceptors (Lipinski definition) is 16. The van der Waals surface area contributed by atoms with Gasteiger partial charge in [-0.3, -0.25) is 13.7 Å². The second-order valence-corrected chi connectivity index (χ2v) is 20.1. The molecular weight excluding hydrogens is 943 g/mol. The number of benzene rings is 2. The first kappa shape index (κ1) is 52.8. The number of aromatic nitrogens is 1. The fourth-order valence-electron chi connectivity index (χ4n) is 7.51. The van der Waals surface area contributed by atoms with E-state index in [2.05, 4.69) is 0 Å². The molecule has 2 aromatic rings. The van der Waals surface area contributed by atoms with Crippen molar-refractivity contribution in [3.8, 4) is 23.1 Å². The summed E-state index contributed by atoms with van der Waals surface area (Å²) in [6.07, 6.45) is 7.03. The summed E-state index contributed by atoms with van der Waals surface area (Å²) in [5.74, 6) is -2.15. The Morgan fingerprint density at radius 1 is 0.791 bits per heavy atom. The van der Waals surface area contributed by atoms with Crippen molar-refractivity contribution in [1.29, 1.82) is 0 Å². The maximum absolute atomic E-state index is 12.3. The molecule has 1 aromatic heterocycles. The highest BCUT2D eigenvalue weighted by atomic mass is 32.2. The molecule has 3 aliphatic rings. The summed E-state index contributed by atoms with van der Waals surface area (Å²) >= 11 is 0. The molecule has 5 N–H and O–H groups in total. The fourth-order valence-corrected chi connectivity index (χ4v) is 9.02. The number of allylic oxidation sites excluding steroid dienone is 3. The summed E-state index contributed by atoms with van der Waals surface area (Å²) in [5.41, 5.74) is 2.10. The third kappa shape index (κ3) is 15.4. The zero-order chi connectivity index (χ0) is 48.8. The summed E-state index contributed by atoms with van der Waals surface area (Å²) in [7, 11) is -11.6. The number of anilines is 1. The van der Waals surface area contributed by atoms with E-state index in [1.165, 1.54) is 18.4 Å². The molecular formula is C43H56N3O18S3+. The number of ether oxygens (including phenoxy) is 4. The first-order valence-corrected chi connectivity index (χ1v) is 25.7. The molecule has 0 fully saturated rings. The zero-order valence-electron chi connectivity index (χ0n) is 36.9. The normalized spacial score (nSPS) is 16.6. The predicted octanol–water partition coefficient (Wildman–Crippen LogP) is 2.98. The van der Waals surface area contributed by atoms with Gasteiger partial charge in [-0.2, -0.15) is 25.3 Å². The van der Waals surface area contributed by atoms with E-state index in [1.807, 2.05) is 40.7 Å². The molecule has 5 rings (SSSR count). The van der Waals surface area contributed by atoms with Crippen molar-refractivity contribution in [2.45, 2.75) is 42.9 Å².